The maximum Gasteiger partial charge on any atom is 0.258 e. The molecule has 0 bridgehead atoms. The van der Waals surface area contributed by atoms with Crippen molar-refractivity contribution in [2.75, 3.05) is 19.6 Å². The Bertz CT molecular complexity index is 881. The van der Waals surface area contributed by atoms with E-state index >= 15 is 0 Å². The van der Waals surface area contributed by atoms with E-state index in [1.54, 1.807) is 16.5 Å². The quantitative estimate of drug-likeness (QED) is 0.800. The van der Waals surface area contributed by atoms with Gasteiger partial charge in [0, 0.05) is 24.7 Å². The van der Waals surface area contributed by atoms with Crippen LogP contribution in [0.5, 0.6) is 0 Å². The molecule has 1 aliphatic rings. The Labute approximate surface area is 174 Å². The summed E-state index contributed by atoms with van der Waals surface area (Å²) in [6.07, 6.45) is 1.58. The number of nitrogens with zero attached hydrogens (tertiary/aromatic N) is 3. The smallest absolute Gasteiger partial charge is 0.258 e. The van der Waals surface area contributed by atoms with Crippen molar-refractivity contribution < 1.29 is 9.59 Å². The van der Waals surface area contributed by atoms with Crippen molar-refractivity contribution >= 4 is 35.0 Å². The zero-order valence-electron chi connectivity index (χ0n) is 16.0. The van der Waals surface area contributed by atoms with Crippen LogP contribution in [0.25, 0.3) is 0 Å². The minimum Gasteiger partial charge on any atom is -0.356 e. The first-order chi connectivity index (χ1) is 13.4. The van der Waals surface area contributed by atoms with Gasteiger partial charge < -0.3 is 10.2 Å². The predicted molar refractivity (Wildman–Crippen MR) is 110 cm³/mol. The summed E-state index contributed by atoms with van der Waals surface area (Å²) in [7, 11) is 0. The topological polar surface area (TPSA) is 67.2 Å². The second-order valence-electron chi connectivity index (χ2n) is 6.99. The molecule has 1 aromatic carbocycles. The number of carbonyl (C=O) groups is 2. The number of carbonyl (C=O) groups excluding carboxylic acids is 2. The van der Waals surface area contributed by atoms with Gasteiger partial charge in [-0.05, 0) is 38.3 Å². The molecule has 0 aliphatic carbocycles. The number of rotatable bonds is 5. The summed E-state index contributed by atoms with van der Waals surface area (Å²) in [5.74, 6) is -0.367. The van der Waals surface area contributed by atoms with Gasteiger partial charge in [0.2, 0.25) is 5.91 Å². The van der Waals surface area contributed by atoms with Crippen LogP contribution < -0.4 is 5.32 Å². The number of aryl methyl sites for hydroxylation is 1. The van der Waals surface area contributed by atoms with E-state index in [1.807, 2.05) is 31.2 Å². The molecule has 8 heteroatoms. The molecule has 1 N–H and O–H groups in total. The summed E-state index contributed by atoms with van der Waals surface area (Å²) in [5, 5.41) is 8.21. The van der Waals surface area contributed by atoms with E-state index < -0.39 is 0 Å². The van der Waals surface area contributed by atoms with Crippen molar-refractivity contribution in [3.05, 3.63) is 51.3 Å². The minimum absolute atomic E-state index is 0.00256. The molecule has 0 saturated carbocycles. The van der Waals surface area contributed by atoms with Gasteiger partial charge >= 0.3 is 0 Å². The summed E-state index contributed by atoms with van der Waals surface area (Å²) >= 11 is 12.8. The zero-order valence-corrected chi connectivity index (χ0v) is 17.6. The van der Waals surface area contributed by atoms with Gasteiger partial charge in [0.25, 0.3) is 5.91 Å². The van der Waals surface area contributed by atoms with Crippen LogP contribution in [0.1, 0.15) is 41.4 Å². The molecule has 3 rings (SSSR count). The summed E-state index contributed by atoms with van der Waals surface area (Å²) in [6.45, 7) is 5.64. The third-order valence-corrected chi connectivity index (χ3v) is 5.74. The van der Waals surface area contributed by atoms with Crippen LogP contribution in [-0.2, 0) is 11.3 Å². The van der Waals surface area contributed by atoms with Gasteiger partial charge in [-0.3, -0.25) is 9.59 Å². The summed E-state index contributed by atoms with van der Waals surface area (Å²) in [4.78, 5) is 27.0. The van der Waals surface area contributed by atoms with Crippen LogP contribution in [0.2, 0.25) is 10.2 Å². The standard InChI is InChI=1S/C20H24Cl2N4O2/c1-3-23-19(27)15-8-6-10-25(11-15)20(28)17-13(2)24-26(18(17)22)12-14-7-4-5-9-16(14)21/h4-5,7,9,15H,3,6,8,10-12H2,1-2H3,(H,23,27). The number of nitrogens with one attached hydrogen (secondary N) is 1. The molecule has 0 radical (unpaired) electrons. The summed E-state index contributed by atoms with van der Waals surface area (Å²) < 4.78 is 1.59. The molecule has 2 amide bonds. The highest BCUT2D eigenvalue weighted by molar-refractivity contribution is 6.33. The first kappa shape index (κ1) is 20.7. The number of benzene rings is 1. The molecular formula is C20H24Cl2N4O2. The van der Waals surface area contributed by atoms with Crippen LogP contribution in [0.15, 0.2) is 24.3 Å². The average molecular weight is 423 g/mol. The van der Waals surface area contributed by atoms with Crippen molar-refractivity contribution in [3.8, 4) is 0 Å². The first-order valence-electron chi connectivity index (χ1n) is 9.45. The number of aromatic nitrogens is 2. The summed E-state index contributed by atoms with van der Waals surface area (Å²) in [5.41, 5.74) is 1.84. The van der Waals surface area contributed by atoms with Gasteiger partial charge in [0.1, 0.15) is 5.15 Å². The number of halogens is 2. The number of hydrogen-bond donors (Lipinski definition) is 1. The van der Waals surface area contributed by atoms with Crippen molar-refractivity contribution in [1.82, 2.24) is 20.0 Å². The van der Waals surface area contributed by atoms with Gasteiger partial charge in [0.05, 0.1) is 23.7 Å². The van der Waals surface area contributed by atoms with Gasteiger partial charge in [-0.2, -0.15) is 5.10 Å². The van der Waals surface area contributed by atoms with E-state index in [9.17, 15) is 9.59 Å². The highest BCUT2D eigenvalue weighted by Gasteiger charge is 2.31. The van der Waals surface area contributed by atoms with Crippen LogP contribution in [0.3, 0.4) is 0 Å². The normalized spacial score (nSPS) is 16.9. The van der Waals surface area contributed by atoms with Crippen molar-refractivity contribution in [1.29, 1.82) is 0 Å². The molecular weight excluding hydrogens is 399 g/mol. The van der Waals surface area contributed by atoms with Gasteiger partial charge in [0.15, 0.2) is 0 Å². The van der Waals surface area contributed by atoms with E-state index in [0.29, 0.717) is 47.6 Å². The molecule has 1 unspecified atom stereocenters. The second-order valence-corrected chi connectivity index (χ2v) is 7.75. The molecule has 28 heavy (non-hydrogen) atoms. The molecule has 6 nitrogen and oxygen atoms in total. The molecule has 2 heterocycles. The van der Waals surface area contributed by atoms with Crippen molar-refractivity contribution in [2.24, 2.45) is 5.92 Å². The fourth-order valence-corrected chi connectivity index (χ4v) is 4.05. The van der Waals surface area contributed by atoms with Crippen LogP contribution in [-0.4, -0.2) is 46.1 Å². The van der Waals surface area contributed by atoms with Gasteiger partial charge in [-0.1, -0.05) is 41.4 Å². The Balaban J connectivity index is 1.79. The van der Waals surface area contributed by atoms with E-state index in [0.717, 1.165) is 18.4 Å². The fourth-order valence-electron chi connectivity index (χ4n) is 3.54. The molecule has 1 aromatic heterocycles. The van der Waals surface area contributed by atoms with E-state index in [-0.39, 0.29) is 17.7 Å². The number of hydrogen-bond acceptors (Lipinski definition) is 3. The lowest BCUT2D eigenvalue weighted by atomic mass is 9.96. The zero-order chi connectivity index (χ0) is 20.3. The molecule has 1 fully saturated rings. The van der Waals surface area contributed by atoms with Crippen molar-refractivity contribution in [2.45, 2.75) is 33.2 Å². The molecule has 1 atom stereocenters. The van der Waals surface area contributed by atoms with Gasteiger partial charge in [-0.25, -0.2) is 4.68 Å². The molecule has 1 saturated heterocycles. The lowest BCUT2D eigenvalue weighted by Crippen LogP contribution is -2.45. The van der Waals surface area contributed by atoms with Gasteiger partial charge in [-0.15, -0.1) is 0 Å². The molecule has 1 aliphatic heterocycles. The molecule has 2 aromatic rings. The van der Waals surface area contributed by atoms with E-state index in [1.165, 1.54) is 0 Å². The van der Waals surface area contributed by atoms with Crippen LogP contribution in [0.4, 0.5) is 0 Å². The Morgan fingerprint density at radius 3 is 2.75 bits per heavy atom. The predicted octanol–water partition coefficient (Wildman–Crippen LogP) is 3.53. The fraction of sp³-hybridized carbons (Fsp3) is 0.450. The average Bonchev–Trinajstić information content (AvgIpc) is 2.96. The van der Waals surface area contributed by atoms with Crippen LogP contribution >= 0.6 is 23.2 Å². The highest BCUT2D eigenvalue weighted by atomic mass is 35.5. The monoisotopic (exact) mass is 422 g/mol. The van der Waals surface area contributed by atoms with Crippen molar-refractivity contribution in [3.63, 3.8) is 0 Å². The lowest BCUT2D eigenvalue weighted by Gasteiger charge is -2.32. The third kappa shape index (κ3) is 4.33. The third-order valence-electron chi connectivity index (χ3n) is 4.99. The molecule has 150 valence electrons. The first-order valence-corrected chi connectivity index (χ1v) is 10.2. The Morgan fingerprint density at radius 2 is 2.04 bits per heavy atom. The van der Waals surface area contributed by atoms with E-state index in [4.69, 9.17) is 23.2 Å². The molecule has 0 spiro atoms. The second kappa shape index (κ2) is 8.97. The minimum atomic E-state index is -0.185. The number of piperidine rings is 1. The largest absolute Gasteiger partial charge is 0.356 e. The highest BCUT2D eigenvalue weighted by Crippen LogP contribution is 2.26. The number of amides is 2. The Kier molecular flexibility index (Phi) is 6.62. The Morgan fingerprint density at radius 1 is 1.29 bits per heavy atom. The maximum absolute atomic E-state index is 13.1. The summed E-state index contributed by atoms with van der Waals surface area (Å²) in [6, 6.07) is 7.46. The SMILES string of the molecule is CCNC(=O)C1CCCN(C(=O)c2c(C)nn(Cc3ccccc3Cl)c2Cl)C1. The van der Waals surface area contributed by atoms with Crippen LogP contribution in [0, 0.1) is 12.8 Å². The van der Waals surface area contributed by atoms with E-state index in [2.05, 4.69) is 10.4 Å². The maximum atomic E-state index is 13.1. The number of likely N-dealkylation sites (tertiary alicyclic amines) is 1. The Hall–Kier alpha value is -2.05. The lowest BCUT2D eigenvalue weighted by molar-refractivity contribution is -0.126.